The Morgan fingerprint density at radius 3 is 2.47 bits per heavy atom. The number of rotatable bonds is 4. The zero-order chi connectivity index (χ0) is 24.8. The van der Waals surface area contributed by atoms with Gasteiger partial charge in [-0.3, -0.25) is 9.69 Å². The van der Waals surface area contributed by atoms with E-state index < -0.39 is 23.0 Å². The number of methoxy groups -OCH3 is 2. The molecule has 2 aliphatic rings. The minimum absolute atomic E-state index is 0.0212. The van der Waals surface area contributed by atoms with E-state index >= 15 is 0 Å². The number of nitrogens with zero attached hydrogens (tertiary/aromatic N) is 2. The van der Waals surface area contributed by atoms with Crippen molar-refractivity contribution in [1.29, 1.82) is 5.26 Å². The summed E-state index contributed by atoms with van der Waals surface area (Å²) in [6, 6.07) is 10.4. The van der Waals surface area contributed by atoms with Gasteiger partial charge in [-0.25, -0.2) is 8.78 Å². The maximum Gasteiger partial charge on any atom is 0.162 e. The third-order valence-corrected chi connectivity index (χ3v) is 6.28. The summed E-state index contributed by atoms with van der Waals surface area (Å²) in [5.41, 5.74) is 7.50. The van der Waals surface area contributed by atoms with E-state index in [0.717, 1.165) is 12.1 Å². The average molecular weight is 466 g/mol. The summed E-state index contributed by atoms with van der Waals surface area (Å²) in [5.74, 6) is -1.63. The highest BCUT2D eigenvalue weighted by Crippen LogP contribution is 2.52. The molecule has 34 heavy (non-hydrogen) atoms. The Kier molecular flexibility index (Phi) is 5.82. The van der Waals surface area contributed by atoms with Crippen LogP contribution in [-0.4, -0.2) is 20.0 Å². The Balaban J connectivity index is 2.06. The number of hydrogen-bond acceptors (Lipinski definition) is 6. The molecule has 0 bridgehead atoms. The topological polar surface area (TPSA) is 88.6 Å². The summed E-state index contributed by atoms with van der Waals surface area (Å²) in [6.07, 6.45) is 0.639. The zero-order valence-corrected chi connectivity index (χ0v) is 19.4. The molecule has 176 valence electrons. The molecule has 2 N–H and O–H groups in total. The van der Waals surface area contributed by atoms with E-state index in [1.165, 1.54) is 25.2 Å². The fourth-order valence-electron chi connectivity index (χ4n) is 4.82. The average Bonchev–Trinajstić information content (AvgIpc) is 2.78. The third kappa shape index (κ3) is 3.77. The van der Waals surface area contributed by atoms with Crippen LogP contribution in [0.3, 0.4) is 0 Å². The molecule has 0 fully saturated rings. The smallest absolute Gasteiger partial charge is 0.162 e. The van der Waals surface area contributed by atoms with Gasteiger partial charge in [0.25, 0.3) is 0 Å². The first-order valence-corrected chi connectivity index (χ1v) is 10.7. The number of nitriles is 1. The fourth-order valence-corrected chi connectivity index (χ4v) is 4.82. The maximum atomic E-state index is 14.9. The number of ether oxygens (including phenoxy) is 2. The lowest BCUT2D eigenvalue weighted by atomic mass is 9.68. The van der Waals surface area contributed by atoms with Crippen LogP contribution in [0.25, 0.3) is 0 Å². The summed E-state index contributed by atoms with van der Waals surface area (Å²) in [6.45, 7) is 3.88. The molecule has 0 radical (unpaired) electrons. The van der Waals surface area contributed by atoms with E-state index in [-0.39, 0.29) is 29.3 Å². The Labute approximate surface area is 196 Å². The van der Waals surface area contributed by atoms with Crippen LogP contribution in [0.2, 0.25) is 0 Å². The summed E-state index contributed by atoms with van der Waals surface area (Å²) in [7, 11) is 3.01. The highest BCUT2D eigenvalue weighted by Gasteiger charge is 2.46. The van der Waals surface area contributed by atoms with Crippen LogP contribution in [-0.2, 0) is 4.79 Å². The Hall–Kier alpha value is -3.86. The molecule has 0 saturated carbocycles. The van der Waals surface area contributed by atoms with Crippen LogP contribution in [0.15, 0.2) is 59.1 Å². The highest BCUT2D eigenvalue weighted by molar-refractivity contribution is 6.02. The predicted molar refractivity (Wildman–Crippen MR) is 123 cm³/mol. The van der Waals surface area contributed by atoms with Gasteiger partial charge in [0.05, 0.1) is 37.5 Å². The summed E-state index contributed by atoms with van der Waals surface area (Å²) in [5, 5.41) is 10.2. The number of hydrogen-bond donors (Lipinski definition) is 1. The highest BCUT2D eigenvalue weighted by atomic mass is 19.1. The zero-order valence-electron chi connectivity index (χ0n) is 19.4. The molecule has 0 spiro atoms. The number of anilines is 1. The number of nitrogens with two attached hydrogens (primary N) is 1. The van der Waals surface area contributed by atoms with Crippen LogP contribution in [0.5, 0.6) is 11.5 Å². The molecule has 4 rings (SSSR count). The van der Waals surface area contributed by atoms with Crippen molar-refractivity contribution in [2.24, 2.45) is 11.1 Å². The van der Waals surface area contributed by atoms with Crippen molar-refractivity contribution < 1.29 is 23.0 Å². The number of Topliss-reactive ketones (excluding diaryl/α,β-unsaturated/α-hetero) is 1. The van der Waals surface area contributed by atoms with Gasteiger partial charge in [0, 0.05) is 29.3 Å². The lowest BCUT2D eigenvalue weighted by Crippen LogP contribution is -2.42. The van der Waals surface area contributed by atoms with Crippen molar-refractivity contribution in [3.8, 4) is 17.6 Å². The van der Waals surface area contributed by atoms with Crippen molar-refractivity contribution in [2.45, 2.75) is 32.6 Å². The van der Waals surface area contributed by atoms with Crippen molar-refractivity contribution in [3.63, 3.8) is 0 Å². The Morgan fingerprint density at radius 1 is 1.12 bits per heavy atom. The van der Waals surface area contributed by atoms with Crippen LogP contribution in [0.1, 0.15) is 38.2 Å². The largest absolute Gasteiger partial charge is 0.497 e. The Morgan fingerprint density at radius 2 is 1.85 bits per heavy atom. The SMILES string of the molecule is COc1ccc(OC)c(C2C(C#N)=C(N)N(c3ccc(F)cc3F)C3=C2C(=O)CC(C)(C)C3)c1. The standard InChI is InChI=1S/C26H25F2N3O3/c1-26(2)11-20-24(21(32)12-26)23(16-10-15(33-3)6-8-22(16)34-4)17(13-29)25(30)31(20)19-7-5-14(27)9-18(19)28/h5-10,23H,11-12,30H2,1-4H3. The normalized spacial score (nSPS) is 19.6. The van der Waals surface area contributed by atoms with Gasteiger partial charge in [0.1, 0.15) is 29.0 Å². The molecule has 0 saturated heterocycles. The Bertz CT molecular complexity index is 1290. The molecule has 0 aromatic heterocycles. The van der Waals surface area contributed by atoms with E-state index in [9.17, 15) is 18.8 Å². The van der Waals surface area contributed by atoms with E-state index in [1.807, 2.05) is 13.8 Å². The van der Waals surface area contributed by atoms with Gasteiger partial charge >= 0.3 is 0 Å². The van der Waals surface area contributed by atoms with Gasteiger partial charge in [-0.1, -0.05) is 13.8 Å². The quantitative estimate of drug-likeness (QED) is 0.689. The van der Waals surface area contributed by atoms with Crippen molar-refractivity contribution in [1.82, 2.24) is 0 Å². The van der Waals surface area contributed by atoms with Gasteiger partial charge < -0.3 is 15.2 Å². The first-order valence-electron chi connectivity index (χ1n) is 10.7. The van der Waals surface area contributed by atoms with Crippen molar-refractivity contribution in [2.75, 3.05) is 19.1 Å². The molecule has 1 atom stereocenters. The lowest BCUT2D eigenvalue weighted by Gasteiger charge is -2.44. The second kappa shape index (κ2) is 8.49. The van der Waals surface area contributed by atoms with E-state index in [1.54, 1.807) is 18.2 Å². The predicted octanol–water partition coefficient (Wildman–Crippen LogP) is 4.92. The molecule has 2 aromatic rings. The third-order valence-electron chi connectivity index (χ3n) is 6.28. The van der Waals surface area contributed by atoms with Crippen LogP contribution in [0, 0.1) is 28.4 Å². The molecule has 1 aliphatic heterocycles. The molecule has 1 aliphatic carbocycles. The molecule has 1 unspecified atom stereocenters. The molecule has 2 aromatic carbocycles. The second-order valence-corrected chi connectivity index (χ2v) is 9.18. The molecular weight excluding hydrogens is 440 g/mol. The van der Waals surface area contributed by atoms with E-state index in [2.05, 4.69) is 6.07 Å². The van der Waals surface area contributed by atoms with Crippen molar-refractivity contribution >= 4 is 11.5 Å². The summed E-state index contributed by atoms with van der Waals surface area (Å²) in [4.78, 5) is 15.0. The van der Waals surface area contributed by atoms with Crippen LogP contribution in [0.4, 0.5) is 14.5 Å². The minimum atomic E-state index is -0.847. The summed E-state index contributed by atoms with van der Waals surface area (Å²) < 4.78 is 39.5. The second-order valence-electron chi connectivity index (χ2n) is 9.18. The van der Waals surface area contributed by atoms with Crippen LogP contribution >= 0.6 is 0 Å². The number of benzene rings is 2. The number of allylic oxidation sites excluding steroid dienone is 3. The fraction of sp³-hybridized carbons (Fsp3) is 0.308. The molecule has 8 heteroatoms. The minimum Gasteiger partial charge on any atom is -0.497 e. The monoisotopic (exact) mass is 465 g/mol. The number of carbonyl (C=O) groups is 1. The summed E-state index contributed by atoms with van der Waals surface area (Å²) >= 11 is 0. The first kappa shape index (κ1) is 23.3. The maximum absolute atomic E-state index is 14.9. The molecule has 1 heterocycles. The van der Waals surface area contributed by atoms with Gasteiger partial charge in [-0.2, -0.15) is 5.26 Å². The van der Waals surface area contributed by atoms with Crippen LogP contribution < -0.4 is 20.1 Å². The van der Waals surface area contributed by atoms with Crippen molar-refractivity contribution in [3.05, 3.63) is 76.3 Å². The van der Waals surface area contributed by atoms with Gasteiger partial charge in [-0.15, -0.1) is 0 Å². The molecular formula is C26H25F2N3O3. The number of halogens is 2. The van der Waals surface area contributed by atoms with Gasteiger partial charge in [-0.05, 0) is 42.2 Å². The number of ketones is 1. The lowest BCUT2D eigenvalue weighted by molar-refractivity contribution is -0.118. The van der Waals surface area contributed by atoms with Gasteiger partial charge in [0.15, 0.2) is 5.78 Å². The van der Waals surface area contributed by atoms with E-state index in [0.29, 0.717) is 34.8 Å². The number of carbonyl (C=O) groups excluding carboxylic acids is 1. The van der Waals surface area contributed by atoms with Gasteiger partial charge in [0.2, 0.25) is 0 Å². The first-order chi connectivity index (χ1) is 16.1. The molecule has 6 nitrogen and oxygen atoms in total. The molecule has 0 amide bonds. The van der Waals surface area contributed by atoms with E-state index in [4.69, 9.17) is 15.2 Å².